The number of hydrogen-bond donors (Lipinski definition) is 2. The van der Waals surface area contributed by atoms with Crippen LogP contribution in [0.3, 0.4) is 0 Å². The molecule has 1 unspecified atom stereocenters. The molecular formula is C28H44BCl2N5O5. The number of nitrogens with zero attached hydrogens (tertiary/aromatic N) is 3. The first-order chi connectivity index (χ1) is 18.8. The Morgan fingerprint density at radius 1 is 1.17 bits per heavy atom. The third kappa shape index (κ3) is 10.3. The molecule has 0 bridgehead atoms. The second-order valence-electron chi connectivity index (χ2n) is 13.0. The van der Waals surface area contributed by atoms with Crippen LogP contribution in [0.4, 0.5) is 0 Å². The fourth-order valence-corrected chi connectivity index (χ4v) is 5.17. The van der Waals surface area contributed by atoms with Crippen molar-refractivity contribution in [2.75, 3.05) is 13.2 Å². The minimum Gasteiger partial charge on any atom is -0.402 e. The van der Waals surface area contributed by atoms with E-state index < -0.39 is 41.3 Å². The summed E-state index contributed by atoms with van der Waals surface area (Å²) in [6, 6.07) is 4.57. The number of ether oxygens (including phenoxy) is 1. The minimum absolute atomic E-state index is 0.192. The number of benzene rings is 1. The summed E-state index contributed by atoms with van der Waals surface area (Å²) in [6.45, 7) is 17.9. The molecule has 1 aromatic carbocycles. The van der Waals surface area contributed by atoms with Crippen molar-refractivity contribution in [2.45, 2.75) is 110 Å². The Bertz CT molecular complexity index is 1140. The Morgan fingerprint density at radius 2 is 1.83 bits per heavy atom. The second-order valence-corrected chi connectivity index (χ2v) is 13.8. The van der Waals surface area contributed by atoms with Crippen molar-refractivity contribution in [3.63, 3.8) is 0 Å². The van der Waals surface area contributed by atoms with E-state index in [4.69, 9.17) is 42.8 Å². The number of carbonyl (C=O) groups excluding carboxylic acids is 2. The Labute approximate surface area is 254 Å². The molecular weight excluding hydrogens is 568 g/mol. The molecule has 10 nitrogen and oxygen atoms in total. The van der Waals surface area contributed by atoms with Gasteiger partial charge in [-0.3, -0.25) is 9.59 Å². The van der Waals surface area contributed by atoms with Crippen LogP contribution in [0.2, 0.25) is 10.0 Å². The zero-order chi connectivity index (χ0) is 31.2. The molecule has 2 rings (SSSR count). The van der Waals surface area contributed by atoms with Crippen molar-refractivity contribution < 1.29 is 23.6 Å². The molecule has 13 heteroatoms. The number of nitrogens with one attached hydrogen (secondary N) is 2. The maximum atomic E-state index is 12.9. The Hall–Kier alpha value is -2.01. The van der Waals surface area contributed by atoms with E-state index in [1.165, 1.54) is 12.1 Å². The van der Waals surface area contributed by atoms with Gasteiger partial charge in [0.05, 0.1) is 39.9 Å². The van der Waals surface area contributed by atoms with Gasteiger partial charge in [-0.15, -0.1) is 0 Å². The number of halogens is 2. The van der Waals surface area contributed by atoms with E-state index in [2.05, 4.69) is 34.5 Å². The fourth-order valence-electron chi connectivity index (χ4n) is 4.80. The third-order valence-corrected chi connectivity index (χ3v) is 7.89. The number of amides is 2. The standard InChI is InChI=1S/C28H44BCl2N5O5/c1-18(2)14-22(34-23(37)16-33-24(38)20-15-19(30)10-11-21(20)31)29-40-27(7,8)28(9,41-29)17-26(5,6)39-13-12-25(3,4)35-36-32/h10-11,15,18,22H,12-14,16-17H2,1-9H3,(H,33,38)(H,34,37)/t22-,28?/m0/s1. The largest absolute Gasteiger partial charge is 0.481 e. The van der Waals surface area contributed by atoms with Gasteiger partial charge in [-0.25, -0.2) is 0 Å². The average Bonchev–Trinajstić information content (AvgIpc) is 3.05. The summed E-state index contributed by atoms with van der Waals surface area (Å²) in [4.78, 5) is 28.4. The monoisotopic (exact) mass is 611 g/mol. The lowest BCUT2D eigenvalue weighted by Gasteiger charge is -2.42. The van der Waals surface area contributed by atoms with Gasteiger partial charge < -0.3 is 24.7 Å². The van der Waals surface area contributed by atoms with Crippen LogP contribution in [-0.4, -0.2) is 60.4 Å². The maximum Gasteiger partial charge on any atom is 0.481 e. The number of rotatable bonds is 14. The first kappa shape index (κ1) is 35.2. The SMILES string of the molecule is CC(C)C[C@H](NC(=O)CNC(=O)c1cc(Cl)ccc1Cl)B1OC(C)(C)C(C)(CC(C)(C)OCCC(C)(C)N=[N+]=[N-])O1. The summed E-state index contributed by atoms with van der Waals surface area (Å²) in [7, 11) is -0.709. The van der Waals surface area contributed by atoms with E-state index in [1.54, 1.807) is 6.07 Å². The first-order valence-corrected chi connectivity index (χ1v) is 14.6. The minimum atomic E-state index is -0.737. The van der Waals surface area contributed by atoms with Gasteiger partial charge in [-0.05, 0) is 77.1 Å². The van der Waals surface area contributed by atoms with Gasteiger partial charge in [0, 0.05) is 28.5 Å². The van der Waals surface area contributed by atoms with Crippen molar-refractivity contribution >= 4 is 42.1 Å². The smallest absolute Gasteiger partial charge is 0.402 e. The highest BCUT2D eigenvalue weighted by atomic mass is 35.5. The predicted molar refractivity (Wildman–Crippen MR) is 163 cm³/mol. The second kappa shape index (κ2) is 14.0. The van der Waals surface area contributed by atoms with Gasteiger partial charge in [-0.1, -0.05) is 56.0 Å². The number of hydrogen-bond acceptors (Lipinski definition) is 6. The van der Waals surface area contributed by atoms with Crippen LogP contribution < -0.4 is 10.6 Å². The molecule has 1 aliphatic heterocycles. The van der Waals surface area contributed by atoms with Gasteiger partial charge >= 0.3 is 7.12 Å². The lowest BCUT2D eigenvalue weighted by Crippen LogP contribution is -2.51. The van der Waals surface area contributed by atoms with Crippen molar-refractivity contribution in [1.29, 1.82) is 0 Å². The molecule has 0 spiro atoms. The van der Waals surface area contributed by atoms with Gasteiger partial charge in [-0.2, -0.15) is 0 Å². The van der Waals surface area contributed by atoms with Gasteiger partial charge in [0.15, 0.2) is 0 Å². The van der Waals surface area contributed by atoms with Crippen LogP contribution in [0.15, 0.2) is 23.3 Å². The van der Waals surface area contributed by atoms with Gasteiger partial charge in [0.25, 0.3) is 5.91 Å². The molecule has 2 N–H and O–H groups in total. The average molecular weight is 612 g/mol. The fraction of sp³-hybridized carbons (Fsp3) is 0.714. The molecule has 1 aliphatic rings. The van der Waals surface area contributed by atoms with Crippen molar-refractivity contribution in [3.8, 4) is 0 Å². The van der Waals surface area contributed by atoms with Crippen LogP contribution in [0, 0.1) is 5.92 Å². The van der Waals surface area contributed by atoms with E-state index in [0.717, 1.165) is 0 Å². The zero-order valence-electron chi connectivity index (χ0n) is 25.6. The Morgan fingerprint density at radius 3 is 2.44 bits per heavy atom. The van der Waals surface area contributed by atoms with E-state index >= 15 is 0 Å². The molecule has 1 fully saturated rings. The van der Waals surface area contributed by atoms with E-state index in [-0.39, 0.29) is 29.0 Å². The molecule has 41 heavy (non-hydrogen) atoms. The summed E-state index contributed by atoms with van der Waals surface area (Å²) in [5.41, 5.74) is 6.42. The van der Waals surface area contributed by atoms with Gasteiger partial charge in [0.2, 0.25) is 5.91 Å². The molecule has 2 amide bonds. The molecule has 1 heterocycles. The highest BCUT2D eigenvalue weighted by molar-refractivity contribution is 6.48. The van der Waals surface area contributed by atoms with E-state index in [9.17, 15) is 9.59 Å². The van der Waals surface area contributed by atoms with Crippen molar-refractivity contribution in [1.82, 2.24) is 10.6 Å². The van der Waals surface area contributed by atoms with E-state index in [0.29, 0.717) is 30.9 Å². The molecule has 0 saturated carbocycles. The van der Waals surface area contributed by atoms with Crippen LogP contribution in [0.1, 0.15) is 91.9 Å². The van der Waals surface area contributed by atoms with Crippen LogP contribution >= 0.6 is 23.2 Å². The number of carbonyl (C=O) groups is 2. The summed E-state index contributed by atoms with van der Waals surface area (Å²) in [6.07, 6.45) is 1.69. The van der Waals surface area contributed by atoms with Crippen LogP contribution in [0.5, 0.6) is 0 Å². The topological polar surface area (TPSA) is 135 Å². The number of azide groups is 1. The summed E-state index contributed by atoms with van der Waals surface area (Å²) in [5, 5.41) is 10.0. The first-order valence-electron chi connectivity index (χ1n) is 13.9. The molecule has 0 aromatic heterocycles. The third-order valence-electron chi connectivity index (χ3n) is 7.33. The molecule has 2 atom stereocenters. The highest BCUT2D eigenvalue weighted by Gasteiger charge is 2.58. The molecule has 0 radical (unpaired) electrons. The van der Waals surface area contributed by atoms with Gasteiger partial charge in [0.1, 0.15) is 0 Å². The zero-order valence-corrected chi connectivity index (χ0v) is 27.2. The van der Waals surface area contributed by atoms with Crippen LogP contribution in [-0.2, 0) is 18.8 Å². The molecule has 1 aromatic rings. The van der Waals surface area contributed by atoms with Crippen molar-refractivity contribution in [2.24, 2.45) is 11.0 Å². The normalized spacial score (nSPS) is 19.6. The maximum absolute atomic E-state index is 12.9. The summed E-state index contributed by atoms with van der Waals surface area (Å²) < 4.78 is 19.2. The summed E-state index contributed by atoms with van der Waals surface area (Å²) in [5.74, 6) is -1.10. The lowest BCUT2D eigenvalue weighted by atomic mass is 9.74. The molecule has 1 saturated heterocycles. The quantitative estimate of drug-likeness (QED) is 0.107. The molecule has 0 aliphatic carbocycles. The van der Waals surface area contributed by atoms with Crippen LogP contribution in [0.25, 0.3) is 10.4 Å². The Kier molecular flexibility index (Phi) is 12.0. The van der Waals surface area contributed by atoms with E-state index in [1.807, 2.05) is 48.5 Å². The summed E-state index contributed by atoms with van der Waals surface area (Å²) >= 11 is 12.1. The van der Waals surface area contributed by atoms with Crippen molar-refractivity contribution in [3.05, 3.63) is 44.3 Å². The highest BCUT2D eigenvalue weighted by Crippen LogP contribution is 2.44. The lowest BCUT2D eigenvalue weighted by molar-refractivity contribution is -0.120. The Balaban J connectivity index is 2.07. The predicted octanol–water partition coefficient (Wildman–Crippen LogP) is 6.53. The molecule has 228 valence electrons.